The molecule has 0 spiro atoms. The van der Waals surface area contributed by atoms with E-state index < -0.39 is 5.97 Å². The molecular formula is C11H15NO5. The molecule has 0 unspecified atom stereocenters. The van der Waals surface area contributed by atoms with Crippen LogP contribution in [0.2, 0.25) is 0 Å². The lowest BCUT2D eigenvalue weighted by Crippen LogP contribution is -2.34. The normalized spacial score (nSPS) is 10.2. The molecule has 1 aromatic rings. The number of aliphatic carboxylic acids is 1. The summed E-state index contributed by atoms with van der Waals surface area (Å²) in [5.74, 6) is -1.15. The van der Waals surface area contributed by atoms with Crippen LogP contribution in [0, 0.1) is 0 Å². The number of carbonyl (C=O) groups is 2. The monoisotopic (exact) mass is 241 g/mol. The SMILES string of the molecule is O=C(O)CCN(CCCO)C(=O)c1ccco1. The second-order valence-electron chi connectivity index (χ2n) is 3.49. The summed E-state index contributed by atoms with van der Waals surface area (Å²) in [6.45, 7) is 0.368. The van der Waals surface area contributed by atoms with Crippen LogP contribution >= 0.6 is 0 Å². The van der Waals surface area contributed by atoms with E-state index in [1.807, 2.05) is 0 Å². The van der Waals surface area contributed by atoms with Gasteiger partial charge in [-0.3, -0.25) is 9.59 Å². The number of aliphatic hydroxyl groups is 1. The van der Waals surface area contributed by atoms with Crippen molar-refractivity contribution in [1.29, 1.82) is 0 Å². The van der Waals surface area contributed by atoms with Gasteiger partial charge in [0.1, 0.15) is 0 Å². The van der Waals surface area contributed by atoms with Gasteiger partial charge in [0.05, 0.1) is 12.7 Å². The Morgan fingerprint density at radius 3 is 2.65 bits per heavy atom. The Kier molecular flexibility index (Phi) is 5.22. The van der Waals surface area contributed by atoms with Crippen molar-refractivity contribution in [2.75, 3.05) is 19.7 Å². The van der Waals surface area contributed by atoms with E-state index in [0.717, 1.165) is 0 Å². The molecule has 0 aliphatic rings. The van der Waals surface area contributed by atoms with Crippen LogP contribution in [0.25, 0.3) is 0 Å². The van der Waals surface area contributed by atoms with Crippen LogP contribution in [0.5, 0.6) is 0 Å². The second kappa shape index (κ2) is 6.70. The lowest BCUT2D eigenvalue weighted by molar-refractivity contribution is -0.137. The molecule has 2 N–H and O–H groups in total. The van der Waals surface area contributed by atoms with Crippen LogP contribution in [0.3, 0.4) is 0 Å². The number of rotatable bonds is 7. The minimum Gasteiger partial charge on any atom is -0.481 e. The van der Waals surface area contributed by atoms with Crippen molar-refractivity contribution < 1.29 is 24.2 Å². The summed E-state index contributed by atoms with van der Waals surface area (Å²) in [7, 11) is 0. The van der Waals surface area contributed by atoms with Gasteiger partial charge in [-0.2, -0.15) is 0 Å². The van der Waals surface area contributed by atoms with Crippen LogP contribution < -0.4 is 0 Å². The van der Waals surface area contributed by atoms with E-state index in [1.54, 1.807) is 6.07 Å². The van der Waals surface area contributed by atoms with E-state index in [1.165, 1.54) is 17.2 Å². The minimum atomic E-state index is -0.966. The Morgan fingerprint density at radius 1 is 1.35 bits per heavy atom. The van der Waals surface area contributed by atoms with Crippen LogP contribution in [0.15, 0.2) is 22.8 Å². The quantitative estimate of drug-likeness (QED) is 0.728. The number of amides is 1. The second-order valence-corrected chi connectivity index (χ2v) is 3.49. The van der Waals surface area contributed by atoms with Crippen molar-refractivity contribution in [3.05, 3.63) is 24.2 Å². The van der Waals surface area contributed by atoms with Crippen LogP contribution in [-0.4, -0.2) is 46.7 Å². The van der Waals surface area contributed by atoms with Crippen molar-refractivity contribution in [2.45, 2.75) is 12.8 Å². The van der Waals surface area contributed by atoms with E-state index in [-0.39, 0.29) is 31.2 Å². The van der Waals surface area contributed by atoms with Gasteiger partial charge in [-0.15, -0.1) is 0 Å². The van der Waals surface area contributed by atoms with Crippen molar-refractivity contribution in [1.82, 2.24) is 4.90 Å². The van der Waals surface area contributed by atoms with E-state index in [4.69, 9.17) is 14.6 Å². The third-order valence-corrected chi connectivity index (χ3v) is 2.20. The Hall–Kier alpha value is -1.82. The predicted octanol–water partition coefficient (Wildman–Crippen LogP) is 0.579. The minimum absolute atomic E-state index is 0.0466. The molecule has 1 rings (SSSR count). The molecule has 6 nitrogen and oxygen atoms in total. The molecule has 0 aliphatic heterocycles. The summed E-state index contributed by atoms with van der Waals surface area (Å²) in [6, 6.07) is 3.11. The average Bonchev–Trinajstić information content (AvgIpc) is 2.81. The molecule has 0 atom stereocenters. The summed E-state index contributed by atoms with van der Waals surface area (Å²) >= 11 is 0. The zero-order valence-electron chi connectivity index (χ0n) is 9.33. The van der Waals surface area contributed by atoms with Crippen molar-refractivity contribution in [3.8, 4) is 0 Å². The summed E-state index contributed by atoms with van der Waals surface area (Å²) in [5.41, 5.74) is 0. The number of hydrogen-bond acceptors (Lipinski definition) is 4. The Labute approximate surface area is 98.5 Å². The van der Waals surface area contributed by atoms with Crippen LogP contribution in [-0.2, 0) is 4.79 Å². The van der Waals surface area contributed by atoms with Crippen LogP contribution in [0.4, 0.5) is 0 Å². The molecule has 17 heavy (non-hydrogen) atoms. The Bertz CT molecular complexity index is 360. The number of hydrogen-bond donors (Lipinski definition) is 2. The van der Waals surface area contributed by atoms with Crippen molar-refractivity contribution in [3.63, 3.8) is 0 Å². The van der Waals surface area contributed by atoms with E-state index >= 15 is 0 Å². The fraction of sp³-hybridized carbons (Fsp3) is 0.455. The Morgan fingerprint density at radius 2 is 2.12 bits per heavy atom. The molecule has 1 heterocycles. The first-order chi connectivity index (χ1) is 8.15. The predicted molar refractivity (Wildman–Crippen MR) is 58.6 cm³/mol. The topological polar surface area (TPSA) is 91.0 Å². The van der Waals surface area contributed by atoms with E-state index in [9.17, 15) is 9.59 Å². The molecule has 0 saturated heterocycles. The lowest BCUT2D eigenvalue weighted by atomic mass is 10.3. The third-order valence-electron chi connectivity index (χ3n) is 2.20. The van der Waals surface area contributed by atoms with Gasteiger partial charge in [-0.1, -0.05) is 0 Å². The number of nitrogens with zero attached hydrogens (tertiary/aromatic N) is 1. The zero-order valence-corrected chi connectivity index (χ0v) is 9.33. The first-order valence-corrected chi connectivity index (χ1v) is 5.30. The molecule has 6 heteroatoms. The number of carbonyl (C=O) groups excluding carboxylic acids is 1. The van der Waals surface area contributed by atoms with Gasteiger partial charge in [-0.25, -0.2) is 0 Å². The third kappa shape index (κ3) is 4.28. The Balaban J connectivity index is 2.61. The zero-order chi connectivity index (χ0) is 12.7. The molecule has 0 bridgehead atoms. The van der Waals surface area contributed by atoms with Crippen molar-refractivity contribution >= 4 is 11.9 Å². The lowest BCUT2D eigenvalue weighted by Gasteiger charge is -2.20. The van der Waals surface area contributed by atoms with Gasteiger partial charge >= 0.3 is 5.97 Å². The summed E-state index contributed by atoms with van der Waals surface area (Å²) in [4.78, 5) is 23.7. The molecule has 0 aliphatic carbocycles. The molecule has 94 valence electrons. The molecule has 0 fully saturated rings. The molecule has 0 saturated carbocycles. The fourth-order valence-corrected chi connectivity index (χ4v) is 1.36. The number of furan rings is 1. The highest BCUT2D eigenvalue weighted by Crippen LogP contribution is 2.07. The summed E-state index contributed by atoms with van der Waals surface area (Å²) in [6.07, 6.45) is 1.67. The average molecular weight is 241 g/mol. The number of carboxylic acids is 1. The van der Waals surface area contributed by atoms with Gasteiger partial charge < -0.3 is 19.5 Å². The van der Waals surface area contributed by atoms with Gasteiger partial charge in [0.15, 0.2) is 5.76 Å². The first kappa shape index (κ1) is 13.2. The molecule has 1 aromatic heterocycles. The van der Waals surface area contributed by atoms with E-state index in [0.29, 0.717) is 13.0 Å². The van der Waals surface area contributed by atoms with Gasteiger partial charge in [0.25, 0.3) is 5.91 Å². The molecule has 0 radical (unpaired) electrons. The molecule has 1 amide bonds. The summed E-state index contributed by atoms with van der Waals surface area (Å²) < 4.78 is 4.96. The van der Waals surface area contributed by atoms with E-state index in [2.05, 4.69) is 0 Å². The van der Waals surface area contributed by atoms with Gasteiger partial charge in [-0.05, 0) is 18.6 Å². The number of carboxylic acid groups (broad SMARTS) is 1. The molecule has 0 aromatic carbocycles. The largest absolute Gasteiger partial charge is 0.481 e. The fourth-order valence-electron chi connectivity index (χ4n) is 1.36. The highest BCUT2D eigenvalue weighted by atomic mass is 16.4. The standard InChI is InChI=1S/C11H15NO5/c13-7-2-5-12(6-4-10(14)15)11(16)9-3-1-8-17-9/h1,3,8,13H,2,4-7H2,(H,14,15). The highest BCUT2D eigenvalue weighted by molar-refractivity contribution is 5.91. The maximum atomic E-state index is 11.9. The maximum Gasteiger partial charge on any atom is 0.305 e. The van der Waals surface area contributed by atoms with Crippen LogP contribution in [0.1, 0.15) is 23.4 Å². The molecular weight excluding hydrogens is 226 g/mol. The first-order valence-electron chi connectivity index (χ1n) is 5.30. The number of aliphatic hydroxyl groups excluding tert-OH is 1. The van der Waals surface area contributed by atoms with Gasteiger partial charge in [0, 0.05) is 19.7 Å². The van der Waals surface area contributed by atoms with Crippen molar-refractivity contribution in [2.24, 2.45) is 0 Å². The summed E-state index contributed by atoms with van der Waals surface area (Å²) in [5, 5.41) is 17.3. The maximum absolute atomic E-state index is 11.9. The van der Waals surface area contributed by atoms with Gasteiger partial charge in [0.2, 0.25) is 0 Å². The smallest absolute Gasteiger partial charge is 0.305 e. The highest BCUT2D eigenvalue weighted by Gasteiger charge is 2.18.